The largest absolute Gasteiger partial charge is 0.436 e. The monoisotopic (exact) mass is 217 g/mol. The van der Waals surface area contributed by atoms with Crippen LogP contribution in [0.1, 0.15) is 17.3 Å². The topological polar surface area (TPSA) is 57.0 Å². The van der Waals surface area contributed by atoms with Crippen LogP contribution in [0.25, 0.3) is 0 Å². The first-order valence-corrected chi connectivity index (χ1v) is 4.78. The average molecular weight is 217 g/mol. The number of carbonyl (C=O) groups excluding carboxylic acids is 1. The third kappa shape index (κ3) is 2.25. The van der Waals surface area contributed by atoms with Crippen LogP contribution in [0.4, 0.5) is 0 Å². The highest BCUT2D eigenvalue weighted by atomic mass is 16.5. The van der Waals surface area contributed by atoms with Crippen molar-refractivity contribution in [2.75, 3.05) is 0 Å². The molecule has 0 fully saturated rings. The first-order chi connectivity index (χ1) is 7.65. The summed E-state index contributed by atoms with van der Waals surface area (Å²) in [6.07, 6.45) is 4.85. The van der Waals surface area contributed by atoms with Gasteiger partial charge in [0, 0.05) is 24.9 Å². The predicted molar refractivity (Wildman–Crippen MR) is 57.5 cm³/mol. The van der Waals surface area contributed by atoms with Crippen LogP contribution in [0.5, 0.6) is 11.6 Å². The van der Waals surface area contributed by atoms with Crippen LogP contribution in [-0.4, -0.2) is 20.5 Å². The fourth-order valence-electron chi connectivity index (χ4n) is 1.26. The van der Waals surface area contributed by atoms with Crippen molar-refractivity contribution in [3.8, 4) is 11.6 Å². The Hall–Kier alpha value is -2.17. The molecule has 2 aromatic heterocycles. The van der Waals surface area contributed by atoms with Gasteiger partial charge >= 0.3 is 0 Å². The first kappa shape index (κ1) is 10.4. The van der Waals surface area contributed by atoms with Gasteiger partial charge in [0.05, 0.1) is 12.4 Å². The molecule has 0 saturated carbocycles. The fraction of sp³-hybridized carbons (Fsp3) is 0.182. The molecule has 0 spiro atoms. The van der Waals surface area contributed by atoms with Crippen LogP contribution in [0, 0.1) is 0 Å². The van der Waals surface area contributed by atoms with Gasteiger partial charge in [0.2, 0.25) is 5.88 Å². The molecule has 5 heteroatoms. The van der Waals surface area contributed by atoms with Gasteiger partial charge < -0.3 is 4.74 Å². The minimum absolute atomic E-state index is 0.0153. The lowest BCUT2D eigenvalue weighted by Gasteiger charge is -2.02. The van der Waals surface area contributed by atoms with Crippen molar-refractivity contribution in [3.63, 3.8) is 0 Å². The zero-order valence-corrected chi connectivity index (χ0v) is 9.04. The molecule has 0 N–H and O–H groups in total. The smallest absolute Gasteiger partial charge is 0.220 e. The van der Waals surface area contributed by atoms with Crippen molar-refractivity contribution in [1.82, 2.24) is 14.8 Å². The number of rotatable bonds is 3. The van der Waals surface area contributed by atoms with Gasteiger partial charge in [-0.05, 0) is 13.0 Å². The molecule has 2 rings (SSSR count). The van der Waals surface area contributed by atoms with Crippen LogP contribution >= 0.6 is 0 Å². The van der Waals surface area contributed by atoms with Crippen LogP contribution < -0.4 is 4.74 Å². The Morgan fingerprint density at radius 3 is 2.94 bits per heavy atom. The Morgan fingerprint density at radius 1 is 1.50 bits per heavy atom. The maximum Gasteiger partial charge on any atom is 0.220 e. The summed E-state index contributed by atoms with van der Waals surface area (Å²) in [6, 6.07) is 3.26. The number of Topliss-reactive ketones (excluding diaryl/α,β-unsaturated/α-hetero) is 1. The number of ether oxygens (including phenoxy) is 1. The Labute approximate surface area is 92.7 Å². The van der Waals surface area contributed by atoms with E-state index < -0.39 is 0 Å². The van der Waals surface area contributed by atoms with Gasteiger partial charge in [-0.2, -0.15) is 5.10 Å². The first-order valence-electron chi connectivity index (χ1n) is 4.78. The molecule has 0 saturated heterocycles. The van der Waals surface area contributed by atoms with Gasteiger partial charge in [-0.25, -0.2) is 4.98 Å². The number of hydrogen-bond acceptors (Lipinski definition) is 4. The molecule has 0 amide bonds. The molecule has 0 unspecified atom stereocenters. The van der Waals surface area contributed by atoms with Crippen molar-refractivity contribution >= 4 is 5.78 Å². The van der Waals surface area contributed by atoms with E-state index in [1.807, 2.05) is 0 Å². The maximum absolute atomic E-state index is 11.2. The Bertz CT molecular complexity index is 519. The van der Waals surface area contributed by atoms with Gasteiger partial charge in [0.1, 0.15) is 0 Å². The van der Waals surface area contributed by atoms with E-state index in [1.165, 1.54) is 6.92 Å². The van der Waals surface area contributed by atoms with Crippen LogP contribution in [0.3, 0.4) is 0 Å². The number of pyridine rings is 1. The van der Waals surface area contributed by atoms with Crippen molar-refractivity contribution < 1.29 is 9.53 Å². The highest BCUT2D eigenvalue weighted by Crippen LogP contribution is 2.18. The molecular weight excluding hydrogens is 206 g/mol. The van der Waals surface area contributed by atoms with E-state index >= 15 is 0 Å². The summed E-state index contributed by atoms with van der Waals surface area (Å²) < 4.78 is 7.07. The van der Waals surface area contributed by atoms with Crippen LogP contribution in [-0.2, 0) is 7.05 Å². The summed E-state index contributed by atoms with van der Waals surface area (Å²) in [4.78, 5) is 15.2. The Balaban J connectivity index is 2.21. The lowest BCUT2D eigenvalue weighted by atomic mass is 10.2. The summed E-state index contributed by atoms with van der Waals surface area (Å²) in [7, 11) is 1.80. The SMILES string of the molecule is CC(=O)c1ccnc(Oc2cnn(C)c2)c1. The predicted octanol–water partition coefficient (Wildman–Crippen LogP) is 1.81. The maximum atomic E-state index is 11.2. The summed E-state index contributed by atoms with van der Waals surface area (Å²) >= 11 is 0. The van der Waals surface area contributed by atoms with E-state index in [9.17, 15) is 4.79 Å². The Kier molecular flexibility index (Phi) is 2.68. The second-order valence-corrected chi connectivity index (χ2v) is 3.39. The molecule has 0 atom stereocenters. The van der Waals surface area contributed by atoms with E-state index in [0.29, 0.717) is 17.2 Å². The summed E-state index contributed by atoms with van der Waals surface area (Å²) in [5.74, 6) is 0.967. The molecule has 2 heterocycles. The standard InChI is InChI=1S/C11H11N3O2/c1-8(15)9-3-4-12-11(5-9)16-10-6-13-14(2)7-10/h3-7H,1-2H3. The molecule has 0 radical (unpaired) electrons. The van der Waals surface area contributed by atoms with Crippen molar-refractivity contribution in [3.05, 3.63) is 36.3 Å². The number of ketones is 1. The minimum atomic E-state index is -0.0153. The second kappa shape index (κ2) is 4.14. The summed E-state index contributed by atoms with van der Waals surface area (Å²) in [6.45, 7) is 1.50. The lowest BCUT2D eigenvalue weighted by molar-refractivity contribution is 0.101. The minimum Gasteiger partial charge on any atom is -0.436 e. The number of hydrogen-bond donors (Lipinski definition) is 0. The number of nitrogens with zero attached hydrogens (tertiary/aromatic N) is 3. The molecule has 16 heavy (non-hydrogen) atoms. The third-order valence-electron chi connectivity index (χ3n) is 2.04. The quantitative estimate of drug-likeness (QED) is 0.736. The van der Waals surface area contributed by atoms with E-state index in [4.69, 9.17) is 4.74 Å². The van der Waals surface area contributed by atoms with Crippen molar-refractivity contribution in [2.24, 2.45) is 7.05 Å². The third-order valence-corrected chi connectivity index (χ3v) is 2.04. The highest BCUT2D eigenvalue weighted by Gasteiger charge is 2.04. The van der Waals surface area contributed by atoms with Crippen molar-refractivity contribution in [2.45, 2.75) is 6.92 Å². The number of carbonyl (C=O) groups is 1. The van der Waals surface area contributed by atoms with E-state index in [-0.39, 0.29) is 5.78 Å². The Morgan fingerprint density at radius 2 is 2.31 bits per heavy atom. The zero-order valence-electron chi connectivity index (χ0n) is 9.04. The van der Waals surface area contributed by atoms with Gasteiger partial charge in [0.25, 0.3) is 0 Å². The van der Waals surface area contributed by atoms with Gasteiger partial charge in [-0.15, -0.1) is 0 Å². The van der Waals surface area contributed by atoms with Crippen LogP contribution in [0.2, 0.25) is 0 Å². The van der Waals surface area contributed by atoms with Gasteiger partial charge in [-0.1, -0.05) is 0 Å². The van der Waals surface area contributed by atoms with E-state index in [1.54, 1.807) is 42.5 Å². The molecule has 0 aliphatic heterocycles. The van der Waals surface area contributed by atoms with Crippen LogP contribution in [0.15, 0.2) is 30.7 Å². The lowest BCUT2D eigenvalue weighted by Crippen LogP contribution is -1.94. The average Bonchev–Trinajstić information content (AvgIpc) is 2.64. The molecule has 0 aromatic carbocycles. The normalized spacial score (nSPS) is 10.1. The molecule has 2 aromatic rings. The fourth-order valence-corrected chi connectivity index (χ4v) is 1.26. The molecule has 5 nitrogen and oxygen atoms in total. The highest BCUT2D eigenvalue weighted by molar-refractivity contribution is 5.94. The van der Waals surface area contributed by atoms with Crippen molar-refractivity contribution in [1.29, 1.82) is 0 Å². The molecular formula is C11H11N3O2. The number of aromatic nitrogens is 3. The van der Waals surface area contributed by atoms with Gasteiger partial charge in [0.15, 0.2) is 11.5 Å². The molecule has 0 aliphatic rings. The second-order valence-electron chi connectivity index (χ2n) is 3.39. The molecule has 0 bridgehead atoms. The van der Waals surface area contributed by atoms with Gasteiger partial charge in [-0.3, -0.25) is 9.48 Å². The van der Waals surface area contributed by atoms with E-state index in [0.717, 1.165) is 0 Å². The molecule has 0 aliphatic carbocycles. The summed E-state index contributed by atoms with van der Waals surface area (Å²) in [5, 5.41) is 3.97. The summed E-state index contributed by atoms with van der Waals surface area (Å²) in [5.41, 5.74) is 0.578. The van der Waals surface area contributed by atoms with E-state index in [2.05, 4.69) is 10.1 Å². The molecule has 82 valence electrons. The zero-order chi connectivity index (χ0) is 11.5. The number of aryl methyl sites for hydroxylation is 1.